The summed E-state index contributed by atoms with van der Waals surface area (Å²) in [5.74, 6) is 2.42. The first-order chi connectivity index (χ1) is 17.5. The van der Waals surface area contributed by atoms with Crippen molar-refractivity contribution in [2.45, 2.75) is 84.0 Å². The summed E-state index contributed by atoms with van der Waals surface area (Å²) in [6, 6.07) is 16.8. The maximum atomic E-state index is 12.6. The third-order valence-corrected chi connectivity index (χ3v) is 8.70. The van der Waals surface area contributed by atoms with E-state index in [4.69, 9.17) is 9.47 Å². The minimum Gasteiger partial charge on any atom is -0.469 e. The summed E-state index contributed by atoms with van der Waals surface area (Å²) < 4.78 is 10.5. The van der Waals surface area contributed by atoms with Crippen LogP contribution in [0.1, 0.15) is 89.5 Å². The van der Waals surface area contributed by atoms with Crippen molar-refractivity contribution in [2.75, 3.05) is 7.11 Å². The molecule has 0 heterocycles. The number of benzene rings is 2. The lowest BCUT2D eigenvalue weighted by molar-refractivity contribution is -0.149. The molecule has 4 heteroatoms. The molecule has 0 N–H and O–H groups in total. The van der Waals surface area contributed by atoms with Crippen LogP contribution in [-0.2, 0) is 14.3 Å². The average Bonchev–Trinajstić information content (AvgIpc) is 2.93. The Morgan fingerprint density at radius 1 is 0.778 bits per heavy atom. The van der Waals surface area contributed by atoms with E-state index in [0.29, 0.717) is 37.4 Å². The van der Waals surface area contributed by atoms with Crippen molar-refractivity contribution in [3.05, 3.63) is 54.1 Å². The lowest BCUT2D eigenvalue weighted by Crippen LogP contribution is -2.29. The number of esters is 2. The van der Waals surface area contributed by atoms with Gasteiger partial charge in [-0.3, -0.25) is 9.59 Å². The van der Waals surface area contributed by atoms with Gasteiger partial charge in [0.25, 0.3) is 0 Å². The van der Waals surface area contributed by atoms with Gasteiger partial charge < -0.3 is 9.47 Å². The molecule has 1 unspecified atom stereocenters. The smallest absolute Gasteiger partial charge is 0.314 e. The van der Waals surface area contributed by atoms with E-state index < -0.39 is 0 Å². The largest absolute Gasteiger partial charge is 0.469 e. The van der Waals surface area contributed by atoms with Crippen LogP contribution in [0.3, 0.4) is 0 Å². The Hall–Kier alpha value is -2.62. The lowest BCUT2D eigenvalue weighted by atomic mass is 9.73. The molecule has 0 radical (unpaired) electrons. The molecular weight excluding hydrogens is 448 g/mol. The summed E-state index contributed by atoms with van der Waals surface area (Å²) in [5, 5.41) is 0. The van der Waals surface area contributed by atoms with E-state index in [2.05, 4.69) is 38.1 Å². The van der Waals surface area contributed by atoms with Gasteiger partial charge in [0, 0.05) is 0 Å². The predicted molar refractivity (Wildman–Crippen MR) is 144 cm³/mol. The molecule has 2 fully saturated rings. The summed E-state index contributed by atoms with van der Waals surface area (Å²) in [5.41, 5.74) is 3.77. The van der Waals surface area contributed by atoms with Crippen LogP contribution in [0.25, 0.3) is 11.1 Å². The van der Waals surface area contributed by atoms with Crippen LogP contribution in [0.5, 0.6) is 5.75 Å². The zero-order valence-corrected chi connectivity index (χ0v) is 22.2. The molecule has 0 amide bonds. The summed E-state index contributed by atoms with van der Waals surface area (Å²) in [6.45, 7) is 4.73. The summed E-state index contributed by atoms with van der Waals surface area (Å²) in [6.07, 6.45) is 10.7. The molecule has 0 spiro atoms. The van der Waals surface area contributed by atoms with Crippen molar-refractivity contribution in [1.82, 2.24) is 0 Å². The second-order valence-electron chi connectivity index (χ2n) is 11.0. The lowest BCUT2D eigenvalue weighted by Gasteiger charge is -2.32. The molecule has 2 aliphatic carbocycles. The van der Waals surface area contributed by atoms with Crippen LogP contribution in [-0.4, -0.2) is 19.0 Å². The van der Waals surface area contributed by atoms with Crippen molar-refractivity contribution in [2.24, 2.45) is 23.7 Å². The Morgan fingerprint density at radius 2 is 1.31 bits per heavy atom. The number of carbonyl (C=O) groups excluding carboxylic acids is 2. The van der Waals surface area contributed by atoms with Crippen molar-refractivity contribution >= 4 is 11.9 Å². The zero-order chi connectivity index (χ0) is 25.5. The van der Waals surface area contributed by atoms with Gasteiger partial charge in [-0.25, -0.2) is 0 Å². The summed E-state index contributed by atoms with van der Waals surface area (Å²) in [4.78, 5) is 24.3. The first-order valence-corrected chi connectivity index (χ1v) is 14.0. The molecule has 36 heavy (non-hydrogen) atoms. The molecule has 2 aromatic carbocycles. The molecule has 0 saturated heterocycles. The maximum Gasteiger partial charge on any atom is 0.314 e. The van der Waals surface area contributed by atoms with E-state index in [-0.39, 0.29) is 23.8 Å². The molecule has 2 aliphatic rings. The van der Waals surface area contributed by atoms with Gasteiger partial charge in [-0.2, -0.15) is 0 Å². The van der Waals surface area contributed by atoms with Gasteiger partial charge in [0.05, 0.1) is 18.9 Å². The highest BCUT2D eigenvalue weighted by atomic mass is 16.5. The monoisotopic (exact) mass is 490 g/mol. The minimum atomic E-state index is -0.200. The van der Waals surface area contributed by atoms with Crippen molar-refractivity contribution < 1.29 is 19.1 Å². The minimum absolute atomic E-state index is 0.0887. The molecule has 0 bridgehead atoms. The number of methoxy groups -OCH3 is 1. The van der Waals surface area contributed by atoms with Crippen LogP contribution in [0.2, 0.25) is 0 Å². The van der Waals surface area contributed by atoms with Gasteiger partial charge in [-0.15, -0.1) is 0 Å². The van der Waals surface area contributed by atoms with Gasteiger partial charge in [0.2, 0.25) is 0 Å². The van der Waals surface area contributed by atoms with E-state index in [0.717, 1.165) is 17.4 Å². The second kappa shape index (κ2) is 12.6. The first-order valence-electron chi connectivity index (χ1n) is 14.0. The summed E-state index contributed by atoms with van der Waals surface area (Å²) in [7, 11) is 1.42. The molecule has 0 aromatic heterocycles. The highest BCUT2D eigenvalue weighted by molar-refractivity contribution is 5.77. The third kappa shape index (κ3) is 6.57. The Labute approximate surface area is 216 Å². The maximum absolute atomic E-state index is 12.6. The van der Waals surface area contributed by atoms with Crippen molar-refractivity contribution in [3.63, 3.8) is 0 Å². The van der Waals surface area contributed by atoms with E-state index >= 15 is 0 Å². The van der Waals surface area contributed by atoms with Crippen LogP contribution < -0.4 is 4.74 Å². The number of rotatable bonds is 8. The average molecular weight is 491 g/mol. The number of hydrogen-bond donors (Lipinski definition) is 0. The molecule has 2 saturated carbocycles. The molecule has 1 atom stereocenters. The van der Waals surface area contributed by atoms with Crippen molar-refractivity contribution in [3.8, 4) is 16.9 Å². The second-order valence-corrected chi connectivity index (χ2v) is 11.0. The van der Waals surface area contributed by atoms with E-state index in [1.54, 1.807) is 0 Å². The Bertz CT molecular complexity index is 978. The van der Waals surface area contributed by atoms with Gasteiger partial charge in [0.15, 0.2) is 0 Å². The topological polar surface area (TPSA) is 52.6 Å². The van der Waals surface area contributed by atoms with E-state index in [1.807, 2.05) is 24.3 Å². The Kier molecular flexibility index (Phi) is 9.23. The van der Waals surface area contributed by atoms with Crippen LogP contribution in [0, 0.1) is 23.7 Å². The van der Waals surface area contributed by atoms with Gasteiger partial charge in [0.1, 0.15) is 5.75 Å². The van der Waals surface area contributed by atoms with E-state index in [9.17, 15) is 9.59 Å². The Morgan fingerprint density at radius 3 is 1.83 bits per heavy atom. The fourth-order valence-corrected chi connectivity index (χ4v) is 6.31. The van der Waals surface area contributed by atoms with Crippen molar-refractivity contribution in [1.29, 1.82) is 0 Å². The standard InChI is InChI=1S/C32H42O4/c1-4-5-22(2)23-6-8-24(9-7-23)25-10-12-26(13-11-25)27-18-20-30(21-19-27)36-32(34)29-16-14-28(15-17-29)31(33)35-3/h10-13,18-24,28-29H,4-9,14-17H2,1-3H3. The highest BCUT2D eigenvalue weighted by Crippen LogP contribution is 2.40. The highest BCUT2D eigenvalue weighted by Gasteiger charge is 2.31. The SMILES string of the molecule is CCCC(C)C1CCC(c2ccc(-c3ccc(OC(=O)C4CCC(C(=O)OC)CC4)cc3)cc2)CC1. The molecular formula is C32H42O4. The summed E-state index contributed by atoms with van der Waals surface area (Å²) >= 11 is 0. The zero-order valence-electron chi connectivity index (χ0n) is 22.2. The molecule has 0 aliphatic heterocycles. The number of carbonyl (C=O) groups is 2. The Balaban J connectivity index is 1.28. The van der Waals surface area contributed by atoms with Gasteiger partial charge in [-0.05, 0) is 97.9 Å². The fraction of sp³-hybridized carbons (Fsp3) is 0.562. The van der Waals surface area contributed by atoms with Crippen LogP contribution in [0.15, 0.2) is 48.5 Å². The predicted octanol–water partition coefficient (Wildman–Crippen LogP) is 7.95. The van der Waals surface area contributed by atoms with E-state index in [1.165, 1.54) is 56.8 Å². The van der Waals surface area contributed by atoms with Crippen LogP contribution >= 0.6 is 0 Å². The molecule has 194 valence electrons. The van der Waals surface area contributed by atoms with Crippen LogP contribution in [0.4, 0.5) is 0 Å². The van der Waals surface area contributed by atoms with Gasteiger partial charge >= 0.3 is 11.9 Å². The molecule has 4 rings (SSSR count). The first kappa shape index (κ1) is 26.4. The van der Waals surface area contributed by atoms with Gasteiger partial charge in [-0.1, -0.05) is 63.1 Å². The third-order valence-electron chi connectivity index (χ3n) is 8.70. The normalized spacial score (nSPS) is 25.1. The number of hydrogen-bond acceptors (Lipinski definition) is 4. The molecule has 2 aromatic rings. The quantitative estimate of drug-likeness (QED) is 0.278. The molecule has 4 nitrogen and oxygen atoms in total. The number of ether oxygens (including phenoxy) is 2. The fourth-order valence-electron chi connectivity index (χ4n) is 6.31.